The number of allylic oxidation sites excluding steroid dienone is 7. The van der Waals surface area contributed by atoms with Crippen LogP contribution < -0.4 is 0 Å². The van der Waals surface area contributed by atoms with Crippen molar-refractivity contribution in [2.75, 3.05) is 0 Å². The van der Waals surface area contributed by atoms with E-state index in [0.29, 0.717) is 0 Å². The Kier molecular flexibility index (Phi) is 11.1. The van der Waals surface area contributed by atoms with Crippen molar-refractivity contribution in [2.45, 2.75) is 39.0 Å². The topological polar surface area (TPSA) is 0 Å². The van der Waals surface area contributed by atoms with Crippen molar-refractivity contribution in [3.05, 3.63) is 49.1 Å². The van der Waals surface area contributed by atoms with Crippen molar-refractivity contribution in [1.82, 2.24) is 0 Å². The Hall–Kier alpha value is -1.04. The van der Waals surface area contributed by atoms with Gasteiger partial charge in [-0.05, 0) is 39.0 Å². The fourth-order valence-corrected chi connectivity index (χ4v) is 1.11. The Labute approximate surface area is 88.7 Å². The molecule has 0 spiro atoms. The van der Waals surface area contributed by atoms with Gasteiger partial charge in [0, 0.05) is 0 Å². The minimum Gasteiger partial charge on any atom is -0.103 e. The maximum Gasteiger partial charge on any atom is -0.0172 e. The van der Waals surface area contributed by atoms with Crippen LogP contribution in [0.15, 0.2) is 49.1 Å². The molecular weight excluding hydrogens is 168 g/mol. The van der Waals surface area contributed by atoms with E-state index >= 15 is 0 Å². The molecule has 0 aromatic rings. The van der Waals surface area contributed by atoms with Crippen LogP contribution in [0, 0.1) is 0 Å². The van der Waals surface area contributed by atoms with Gasteiger partial charge in [-0.1, -0.05) is 42.5 Å². The Morgan fingerprint density at radius 2 is 1.71 bits per heavy atom. The van der Waals surface area contributed by atoms with Crippen LogP contribution in [0.5, 0.6) is 0 Å². The van der Waals surface area contributed by atoms with Gasteiger partial charge in [0.15, 0.2) is 0 Å². The highest BCUT2D eigenvalue weighted by molar-refractivity contribution is 5.03. The maximum atomic E-state index is 3.55. The zero-order chi connectivity index (χ0) is 10.5. The Morgan fingerprint density at radius 1 is 1.14 bits per heavy atom. The first kappa shape index (κ1) is 13.0. The van der Waals surface area contributed by atoms with Gasteiger partial charge in [0.2, 0.25) is 0 Å². The van der Waals surface area contributed by atoms with E-state index in [1.807, 2.05) is 19.1 Å². The SMILES string of the molecule is C1=C\CCCC\C=C/1.C=CC/C=C/C. The highest BCUT2D eigenvalue weighted by atomic mass is 13.9. The number of hydrogen-bond donors (Lipinski definition) is 0. The van der Waals surface area contributed by atoms with Crippen molar-refractivity contribution < 1.29 is 0 Å². The van der Waals surface area contributed by atoms with Gasteiger partial charge >= 0.3 is 0 Å². The molecule has 0 heteroatoms. The van der Waals surface area contributed by atoms with Crippen LogP contribution in [0.2, 0.25) is 0 Å². The van der Waals surface area contributed by atoms with Gasteiger partial charge in [-0.15, -0.1) is 6.58 Å². The second-order valence-electron chi connectivity index (χ2n) is 3.23. The lowest BCUT2D eigenvalue weighted by molar-refractivity contribution is 0.758. The molecule has 0 N–H and O–H groups in total. The predicted octanol–water partition coefficient (Wildman–Crippen LogP) is 4.81. The molecule has 0 unspecified atom stereocenters. The molecule has 0 aromatic carbocycles. The van der Waals surface area contributed by atoms with Gasteiger partial charge in [0.25, 0.3) is 0 Å². The molecule has 0 aliphatic heterocycles. The third-order valence-corrected chi connectivity index (χ3v) is 1.91. The van der Waals surface area contributed by atoms with Gasteiger partial charge in [-0.2, -0.15) is 0 Å². The van der Waals surface area contributed by atoms with E-state index < -0.39 is 0 Å². The third-order valence-electron chi connectivity index (χ3n) is 1.91. The average Bonchev–Trinajstić information content (AvgIpc) is 2.14. The Morgan fingerprint density at radius 3 is 2.07 bits per heavy atom. The van der Waals surface area contributed by atoms with Gasteiger partial charge in [0.05, 0.1) is 0 Å². The van der Waals surface area contributed by atoms with E-state index in [0.717, 1.165) is 6.42 Å². The summed E-state index contributed by atoms with van der Waals surface area (Å²) in [7, 11) is 0. The van der Waals surface area contributed by atoms with E-state index in [1.54, 1.807) is 0 Å². The molecule has 0 aromatic heterocycles. The third kappa shape index (κ3) is 11.0. The second-order valence-corrected chi connectivity index (χ2v) is 3.23. The molecule has 0 amide bonds. The first-order valence-electron chi connectivity index (χ1n) is 5.45. The Bertz CT molecular complexity index is 180. The smallest absolute Gasteiger partial charge is 0.0172 e. The van der Waals surface area contributed by atoms with Crippen molar-refractivity contribution in [3.8, 4) is 0 Å². The predicted molar refractivity (Wildman–Crippen MR) is 66.4 cm³/mol. The summed E-state index contributed by atoms with van der Waals surface area (Å²) in [6, 6.07) is 0. The average molecular weight is 190 g/mol. The van der Waals surface area contributed by atoms with Crippen LogP contribution in [-0.4, -0.2) is 0 Å². The molecule has 1 aliphatic rings. The lowest BCUT2D eigenvalue weighted by Crippen LogP contribution is -1.74. The summed E-state index contributed by atoms with van der Waals surface area (Å²) >= 11 is 0. The minimum absolute atomic E-state index is 0.997. The quantitative estimate of drug-likeness (QED) is 0.548. The minimum atomic E-state index is 0.997. The molecule has 0 heterocycles. The fourth-order valence-electron chi connectivity index (χ4n) is 1.11. The van der Waals surface area contributed by atoms with Crippen molar-refractivity contribution >= 4 is 0 Å². The summed E-state index contributed by atoms with van der Waals surface area (Å²) < 4.78 is 0. The van der Waals surface area contributed by atoms with E-state index in [1.165, 1.54) is 25.7 Å². The second kappa shape index (κ2) is 12.0. The van der Waals surface area contributed by atoms with Crippen molar-refractivity contribution in [3.63, 3.8) is 0 Å². The van der Waals surface area contributed by atoms with Crippen LogP contribution in [0.25, 0.3) is 0 Å². The van der Waals surface area contributed by atoms with E-state index in [4.69, 9.17) is 0 Å². The monoisotopic (exact) mass is 190 g/mol. The first-order chi connectivity index (χ1) is 6.91. The summed E-state index contributed by atoms with van der Waals surface area (Å²) in [6.45, 7) is 5.55. The zero-order valence-corrected chi connectivity index (χ0v) is 9.28. The molecule has 0 atom stereocenters. The first-order valence-corrected chi connectivity index (χ1v) is 5.45. The van der Waals surface area contributed by atoms with Crippen LogP contribution in [0.3, 0.4) is 0 Å². The molecule has 0 fully saturated rings. The van der Waals surface area contributed by atoms with E-state index in [-0.39, 0.29) is 0 Å². The lowest BCUT2D eigenvalue weighted by Gasteiger charge is -1.94. The maximum absolute atomic E-state index is 3.55. The molecule has 78 valence electrons. The van der Waals surface area contributed by atoms with Gasteiger partial charge in [-0.25, -0.2) is 0 Å². The largest absolute Gasteiger partial charge is 0.103 e. The summed E-state index contributed by atoms with van der Waals surface area (Å²) in [5, 5.41) is 0. The molecule has 1 aliphatic carbocycles. The number of rotatable bonds is 2. The highest BCUT2D eigenvalue weighted by Gasteiger charge is 1.84. The summed E-state index contributed by atoms with van der Waals surface area (Å²) in [5.74, 6) is 0. The summed E-state index contributed by atoms with van der Waals surface area (Å²) in [5.41, 5.74) is 0. The Balaban J connectivity index is 0.000000255. The summed E-state index contributed by atoms with van der Waals surface area (Å²) in [6.07, 6.45) is 20.9. The normalized spacial score (nSPS) is 20.1. The summed E-state index contributed by atoms with van der Waals surface area (Å²) in [4.78, 5) is 0. The van der Waals surface area contributed by atoms with Crippen molar-refractivity contribution in [2.24, 2.45) is 0 Å². The molecule has 14 heavy (non-hydrogen) atoms. The van der Waals surface area contributed by atoms with Gasteiger partial charge < -0.3 is 0 Å². The molecule has 0 saturated carbocycles. The molecular formula is C14H22. The van der Waals surface area contributed by atoms with E-state index in [9.17, 15) is 0 Å². The molecule has 0 saturated heterocycles. The van der Waals surface area contributed by atoms with Crippen LogP contribution in [0.1, 0.15) is 39.0 Å². The standard InChI is InChI=1S/C8H12.C6H10/c1-2-4-6-8-7-5-3-1;1-3-5-6-4-2/h1-4H,5-8H2;3-4,6H,1,5H2,2H3/b3-1-,4-2-;6-4+. The molecule has 0 nitrogen and oxygen atoms in total. The van der Waals surface area contributed by atoms with Crippen LogP contribution in [0.4, 0.5) is 0 Å². The highest BCUT2D eigenvalue weighted by Crippen LogP contribution is 2.04. The zero-order valence-electron chi connectivity index (χ0n) is 9.28. The van der Waals surface area contributed by atoms with E-state index in [2.05, 4.69) is 37.0 Å². The van der Waals surface area contributed by atoms with Crippen LogP contribution >= 0.6 is 0 Å². The molecule has 1 rings (SSSR count). The lowest BCUT2D eigenvalue weighted by atomic mass is 10.1. The fraction of sp³-hybridized carbons (Fsp3) is 0.429. The van der Waals surface area contributed by atoms with Gasteiger partial charge in [0.1, 0.15) is 0 Å². The van der Waals surface area contributed by atoms with Crippen LogP contribution in [-0.2, 0) is 0 Å². The van der Waals surface area contributed by atoms with Gasteiger partial charge in [-0.3, -0.25) is 0 Å². The molecule has 0 radical (unpaired) electrons. The number of hydrogen-bond acceptors (Lipinski definition) is 0. The molecule has 0 bridgehead atoms. The van der Waals surface area contributed by atoms with Crippen molar-refractivity contribution in [1.29, 1.82) is 0 Å².